The van der Waals surface area contributed by atoms with Crippen LogP contribution in [0.1, 0.15) is 33.5 Å². The van der Waals surface area contributed by atoms with Gasteiger partial charge in [-0.05, 0) is 13.8 Å². The molecule has 0 unspecified atom stereocenters. The number of aromatic nitrogens is 3. The Bertz CT molecular complexity index is 624. The van der Waals surface area contributed by atoms with Crippen LogP contribution >= 0.6 is 0 Å². The highest BCUT2D eigenvalue weighted by atomic mass is 16.5. The molecule has 0 radical (unpaired) electrons. The highest BCUT2D eigenvalue weighted by Crippen LogP contribution is 2.20. The lowest BCUT2D eigenvalue weighted by atomic mass is 10.2. The molecule has 1 amide bonds. The Hall–Kier alpha value is -2.77. The summed E-state index contributed by atoms with van der Waals surface area (Å²) in [7, 11) is 0. The van der Waals surface area contributed by atoms with Gasteiger partial charge in [0.2, 0.25) is 5.88 Å². The highest BCUT2D eigenvalue weighted by Gasteiger charge is 2.23. The third-order valence-corrected chi connectivity index (χ3v) is 2.37. The van der Waals surface area contributed by atoms with Gasteiger partial charge in [0.25, 0.3) is 5.91 Å². The molecule has 0 saturated heterocycles. The molecule has 2 rings (SSSR count). The van der Waals surface area contributed by atoms with Crippen LogP contribution in [0, 0.1) is 6.92 Å². The Morgan fingerprint density at radius 1 is 1.40 bits per heavy atom. The predicted octanol–water partition coefficient (Wildman–Crippen LogP) is 1.20. The molecule has 2 aromatic heterocycles. The van der Waals surface area contributed by atoms with Crippen molar-refractivity contribution in [3.05, 3.63) is 35.5 Å². The predicted molar refractivity (Wildman–Crippen MR) is 67.2 cm³/mol. The molecule has 2 heterocycles. The lowest BCUT2D eigenvalue weighted by Crippen LogP contribution is -2.16. The molecule has 0 fully saturated rings. The fourth-order valence-corrected chi connectivity index (χ4v) is 1.48. The standard InChI is InChI=1S/C12H12N4O4/c1-3-19-12(18)9-7(2)16-20-11(9)15-10(17)8-6-13-4-5-14-8/h4-6H,3H2,1-2H3,(H,15,17). The summed E-state index contributed by atoms with van der Waals surface area (Å²) in [4.78, 5) is 31.3. The molecule has 0 aliphatic heterocycles. The van der Waals surface area contributed by atoms with Gasteiger partial charge in [-0.3, -0.25) is 15.1 Å². The van der Waals surface area contributed by atoms with Crippen molar-refractivity contribution in [2.24, 2.45) is 0 Å². The van der Waals surface area contributed by atoms with Gasteiger partial charge in [0.1, 0.15) is 11.3 Å². The van der Waals surface area contributed by atoms with Crippen molar-refractivity contribution in [2.45, 2.75) is 13.8 Å². The summed E-state index contributed by atoms with van der Waals surface area (Å²) < 4.78 is 9.80. The van der Waals surface area contributed by atoms with Gasteiger partial charge in [-0.2, -0.15) is 0 Å². The summed E-state index contributed by atoms with van der Waals surface area (Å²) in [5.41, 5.74) is 0.512. The molecule has 8 heteroatoms. The van der Waals surface area contributed by atoms with E-state index in [1.54, 1.807) is 13.8 Å². The second kappa shape index (κ2) is 5.91. The summed E-state index contributed by atoms with van der Waals surface area (Å²) in [5, 5.41) is 6.06. The van der Waals surface area contributed by atoms with Crippen molar-refractivity contribution in [1.29, 1.82) is 0 Å². The van der Waals surface area contributed by atoms with Crippen molar-refractivity contribution < 1.29 is 18.8 Å². The average Bonchev–Trinajstić information content (AvgIpc) is 2.81. The molecule has 104 valence electrons. The number of amides is 1. The van der Waals surface area contributed by atoms with E-state index < -0.39 is 11.9 Å². The molecular formula is C12H12N4O4. The summed E-state index contributed by atoms with van der Waals surface area (Å²) >= 11 is 0. The van der Waals surface area contributed by atoms with E-state index in [0.29, 0.717) is 5.69 Å². The number of carbonyl (C=O) groups is 2. The zero-order valence-electron chi connectivity index (χ0n) is 10.9. The van der Waals surface area contributed by atoms with Gasteiger partial charge >= 0.3 is 5.97 Å². The fourth-order valence-electron chi connectivity index (χ4n) is 1.48. The fraction of sp³-hybridized carbons (Fsp3) is 0.250. The number of nitrogens with one attached hydrogen (secondary N) is 1. The first-order chi connectivity index (χ1) is 9.63. The van der Waals surface area contributed by atoms with Crippen LogP contribution in [0.2, 0.25) is 0 Å². The smallest absolute Gasteiger partial charge is 0.345 e. The normalized spacial score (nSPS) is 10.1. The van der Waals surface area contributed by atoms with E-state index >= 15 is 0 Å². The third kappa shape index (κ3) is 2.79. The van der Waals surface area contributed by atoms with Gasteiger partial charge in [-0.1, -0.05) is 5.16 Å². The minimum absolute atomic E-state index is 0.0726. The third-order valence-electron chi connectivity index (χ3n) is 2.37. The van der Waals surface area contributed by atoms with Crippen molar-refractivity contribution in [1.82, 2.24) is 15.1 Å². The van der Waals surface area contributed by atoms with Crippen LogP contribution in [-0.4, -0.2) is 33.6 Å². The molecule has 0 bridgehead atoms. The van der Waals surface area contributed by atoms with Gasteiger partial charge in [-0.25, -0.2) is 9.78 Å². The largest absolute Gasteiger partial charge is 0.462 e. The topological polar surface area (TPSA) is 107 Å². The highest BCUT2D eigenvalue weighted by molar-refractivity contribution is 6.05. The van der Waals surface area contributed by atoms with Crippen LogP contribution in [0.3, 0.4) is 0 Å². The molecule has 0 atom stereocenters. The number of nitrogens with zero attached hydrogens (tertiary/aromatic N) is 3. The van der Waals surface area contributed by atoms with Gasteiger partial charge in [0, 0.05) is 12.4 Å². The maximum absolute atomic E-state index is 11.9. The molecule has 20 heavy (non-hydrogen) atoms. The molecule has 2 aromatic rings. The van der Waals surface area contributed by atoms with Crippen molar-refractivity contribution in [2.75, 3.05) is 11.9 Å². The molecule has 0 saturated carbocycles. The number of hydrogen-bond donors (Lipinski definition) is 1. The maximum atomic E-state index is 11.9. The minimum atomic E-state index is -0.610. The van der Waals surface area contributed by atoms with Crippen LogP contribution in [0.25, 0.3) is 0 Å². The van der Waals surface area contributed by atoms with Crippen molar-refractivity contribution in [3.8, 4) is 0 Å². The zero-order valence-corrected chi connectivity index (χ0v) is 10.9. The first-order valence-corrected chi connectivity index (χ1v) is 5.84. The first-order valence-electron chi connectivity index (χ1n) is 5.84. The molecular weight excluding hydrogens is 264 g/mol. The van der Waals surface area contributed by atoms with Crippen molar-refractivity contribution >= 4 is 17.8 Å². The van der Waals surface area contributed by atoms with Crippen LogP contribution in [0.5, 0.6) is 0 Å². The van der Waals surface area contributed by atoms with Crippen LogP contribution in [0.15, 0.2) is 23.1 Å². The number of aryl methyl sites for hydroxylation is 1. The molecule has 0 aromatic carbocycles. The number of esters is 1. The number of ether oxygens (including phenoxy) is 1. The number of anilines is 1. The molecule has 0 aliphatic carbocycles. The quantitative estimate of drug-likeness (QED) is 0.836. The molecule has 8 nitrogen and oxygen atoms in total. The molecule has 0 aliphatic rings. The maximum Gasteiger partial charge on any atom is 0.345 e. The zero-order chi connectivity index (χ0) is 14.5. The SMILES string of the molecule is CCOC(=O)c1c(C)noc1NC(=O)c1cnccn1. The second-order valence-electron chi connectivity index (χ2n) is 3.74. The minimum Gasteiger partial charge on any atom is -0.462 e. The summed E-state index contributed by atoms with van der Waals surface area (Å²) in [5.74, 6) is -1.24. The summed E-state index contributed by atoms with van der Waals surface area (Å²) in [6, 6.07) is 0. The Kier molecular flexibility index (Phi) is 4.04. The van der Waals surface area contributed by atoms with E-state index in [2.05, 4.69) is 20.4 Å². The van der Waals surface area contributed by atoms with E-state index in [1.807, 2.05) is 0 Å². The Labute approximate surface area is 114 Å². The lowest BCUT2D eigenvalue weighted by Gasteiger charge is -2.03. The van der Waals surface area contributed by atoms with Gasteiger partial charge in [-0.15, -0.1) is 0 Å². The van der Waals surface area contributed by atoms with E-state index in [-0.39, 0.29) is 23.7 Å². The first kappa shape index (κ1) is 13.7. The number of hydrogen-bond acceptors (Lipinski definition) is 7. The molecule has 1 N–H and O–H groups in total. The van der Waals surface area contributed by atoms with Crippen molar-refractivity contribution in [3.63, 3.8) is 0 Å². The van der Waals surface area contributed by atoms with Gasteiger partial charge in [0.05, 0.1) is 18.5 Å². The monoisotopic (exact) mass is 276 g/mol. The van der Waals surface area contributed by atoms with E-state index in [1.165, 1.54) is 18.6 Å². The summed E-state index contributed by atoms with van der Waals surface area (Å²) in [6.45, 7) is 3.47. The van der Waals surface area contributed by atoms with Crippen LogP contribution < -0.4 is 5.32 Å². The van der Waals surface area contributed by atoms with Gasteiger partial charge in [0.15, 0.2) is 0 Å². The average molecular weight is 276 g/mol. The van der Waals surface area contributed by atoms with Crippen LogP contribution in [0.4, 0.5) is 5.88 Å². The van der Waals surface area contributed by atoms with Gasteiger partial charge < -0.3 is 9.26 Å². The second-order valence-corrected chi connectivity index (χ2v) is 3.74. The van der Waals surface area contributed by atoms with E-state index in [4.69, 9.17) is 9.26 Å². The van der Waals surface area contributed by atoms with E-state index in [0.717, 1.165) is 0 Å². The Balaban J connectivity index is 2.22. The molecule has 0 spiro atoms. The van der Waals surface area contributed by atoms with Crippen LogP contribution in [-0.2, 0) is 4.74 Å². The number of carbonyl (C=O) groups excluding carboxylic acids is 2. The Morgan fingerprint density at radius 3 is 2.85 bits per heavy atom. The Morgan fingerprint density at radius 2 is 2.20 bits per heavy atom. The summed E-state index contributed by atoms with van der Waals surface area (Å²) in [6.07, 6.45) is 4.12. The number of rotatable bonds is 4. The van der Waals surface area contributed by atoms with E-state index in [9.17, 15) is 9.59 Å². The lowest BCUT2D eigenvalue weighted by molar-refractivity contribution is 0.0526.